The monoisotopic (exact) mass is 159 g/mol. The van der Waals surface area contributed by atoms with E-state index in [1.54, 1.807) is 0 Å². The molecule has 0 aliphatic carbocycles. The van der Waals surface area contributed by atoms with Gasteiger partial charge in [0, 0.05) is 0 Å². The van der Waals surface area contributed by atoms with E-state index in [1.165, 1.54) is 6.42 Å². The van der Waals surface area contributed by atoms with Gasteiger partial charge in [-0.05, 0) is 32.9 Å². The number of hydrogen-bond acceptors (Lipinski definition) is 2. The molecule has 0 saturated carbocycles. The number of ether oxygens (including phenoxy) is 1. The smallest absolute Gasteiger partial charge is 0.0551 e. The molecule has 2 unspecified atom stereocenters. The molecule has 1 saturated heterocycles. The molecule has 0 aromatic heterocycles. The maximum absolute atomic E-state index is 5.38. The molecule has 0 aromatic rings. The maximum Gasteiger partial charge on any atom is 0.0551 e. The molecule has 2 heteroatoms. The second-order valence-corrected chi connectivity index (χ2v) is 2.80. The van der Waals surface area contributed by atoms with Crippen LogP contribution in [0.15, 0.2) is 0 Å². The van der Waals surface area contributed by atoms with Gasteiger partial charge in [-0.25, -0.2) is 0 Å². The van der Waals surface area contributed by atoms with Crippen molar-refractivity contribution in [3.63, 3.8) is 0 Å². The highest BCUT2D eigenvalue weighted by molar-refractivity contribution is 4.70. The van der Waals surface area contributed by atoms with Crippen molar-refractivity contribution in [2.75, 3.05) is 20.2 Å². The molecule has 0 aromatic carbocycles. The van der Waals surface area contributed by atoms with Gasteiger partial charge >= 0.3 is 0 Å². The standard InChI is InChI=1S/C7H15NO.C2H6/c1-6-3-7(4-8-2)5-9-6;1-2/h6-8H,3-5H2,1-2H3;1-2H3. The third-order valence-electron chi connectivity index (χ3n) is 1.77. The molecule has 2 nitrogen and oxygen atoms in total. The van der Waals surface area contributed by atoms with Crippen molar-refractivity contribution in [1.29, 1.82) is 0 Å². The maximum atomic E-state index is 5.38. The highest BCUT2D eigenvalue weighted by Crippen LogP contribution is 2.17. The minimum atomic E-state index is 0.489. The minimum absolute atomic E-state index is 0.489. The molecule has 11 heavy (non-hydrogen) atoms. The van der Waals surface area contributed by atoms with Crippen molar-refractivity contribution in [3.8, 4) is 0 Å². The first kappa shape index (κ1) is 10.9. The van der Waals surface area contributed by atoms with Crippen LogP contribution in [0.5, 0.6) is 0 Å². The lowest BCUT2D eigenvalue weighted by Gasteiger charge is -2.03. The first-order valence-electron chi connectivity index (χ1n) is 4.59. The molecule has 0 spiro atoms. The summed E-state index contributed by atoms with van der Waals surface area (Å²) in [7, 11) is 1.99. The van der Waals surface area contributed by atoms with Gasteiger partial charge < -0.3 is 10.1 Å². The average Bonchev–Trinajstić information content (AvgIpc) is 2.41. The summed E-state index contributed by atoms with van der Waals surface area (Å²) in [5.41, 5.74) is 0. The van der Waals surface area contributed by atoms with Gasteiger partial charge in [0.25, 0.3) is 0 Å². The predicted molar refractivity (Wildman–Crippen MR) is 48.8 cm³/mol. The quantitative estimate of drug-likeness (QED) is 0.661. The second kappa shape index (κ2) is 6.62. The van der Waals surface area contributed by atoms with E-state index >= 15 is 0 Å². The largest absolute Gasteiger partial charge is 0.378 e. The van der Waals surface area contributed by atoms with E-state index < -0.39 is 0 Å². The number of rotatable bonds is 2. The summed E-state index contributed by atoms with van der Waals surface area (Å²) in [6.07, 6.45) is 1.71. The van der Waals surface area contributed by atoms with Crippen LogP contribution in [0.1, 0.15) is 27.2 Å². The van der Waals surface area contributed by atoms with Crippen LogP contribution in [-0.4, -0.2) is 26.3 Å². The lowest BCUT2D eigenvalue weighted by Crippen LogP contribution is -2.18. The molecule has 2 atom stereocenters. The summed E-state index contributed by atoms with van der Waals surface area (Å²) in [5, 5.41) is 3.15. The van der Waals surface area contributed by atoms with E-state index in [9.17, 15) is 0 Å². The molecule has 1 aliphatic rings. The van der Waals surface area contributed by atoms with Gasteiger partial charge in [-0.1, -0.05) is 13.8 Å². The molecule has 1 rings (SSSR count). The Morgan fingerprint density at radius 1 is 1.45 bits per heavy atom. The zero-order chi connectivity index (χ0) is 8.69. The zero-order valence-electron chi connectivity index (χ0n) is 8.18. The van der Waals surface area contributed by atoms with E-state index in [0.717, 1.165) is 19.1 Å². The Morgan fingerprint density at radius 3 is 2.45 bits per heavy atom. The van der Waals surface area contributed by atoms with Crippen molar-refractivity contribution < 1.29 is 4.74 Å². The van der Waals surface area contributed by atoms with E-state index in [4.69, 9.17) is 4.74 Å². The van der Waals surface area contributed by atoms with E-state index in [-0.39, 0.29) is 0 Å². The van der Waals surface area contributed by atoms with Crippen LogP contribution in [0.25, 0.3) is 0 Å². The first-order valence-corrected chi connectivity index (χ1v) is 4.59. The second-order valence-electron chi connectivity index (χ2n) is 2.80. The van der Waals surface area contributed by atoms with Gasteiger partial charge in [0.2, 0.25) is 0 Å². The summed E-state index contributed by atoms with van der Waals surface area (Å²) < 4.78 is 5.38. The summed E-state index contributed by atoms with van der Waals surface area (Å²) >= 11 is 0. The number of nitrogens with one attached hydrogen (secondary N) is 1. The molecule has 1 fully saturated rings. The first-order chi connectivity index (χ1) is 5.33. The van der Waals surface area contributed by atoms with Gasteiger partial charge in [0.1, 0.15) is 0 Å². The van der Waals surface area contributed by atoms with Crippen molar-refractivity contribution in [2.24, 2.45) is 5.92 Å². The Bertz CT molecular complexity index is 83.6. The molecule has 1 aliphatic heterocycles. The van der Waals surface area contributed by atoms with Crippen LogP contribution >= 0.6 is 0 Å². The summed E-state index contributed by atoms with van der Waals surface area (Å²) in [4.78, 5) is 0. The Balaban J connectivity index is 0.000000461. The molecular weight excluding hydrogens is 138 g/mol. The van der Waals surface area contributed by atoms with Gasteiger partial charge in [-0.15, -0.1) is 0 Å². The average molecular weight is 159 g/mol. The molecule has 68 valence electrons. The summed E-state index contributed by atoms with van der Waals surface area (Å²) in [6.45, 7) is 8.18. The molecule has 0 bridgehead atoms. The topological polar surface area (TPSA) is 21.3 Å². The van der Waals surface area contributed by atoms with Gasteiger partial charge in [0.15, 0.2) is 0 Å². The van der Waals surface area contributed by atoms with Crippen LogP contribution in [0.4, 0.5) is 0 Å². The molecule has 0 amide bonds. The third-order valence-corrected chi connectivity index (χ3v) is 1.77. The highest BCUT2D eigenvalue weighted by atomic mass is 16.5. The minimum Gasteiger partial charge on any atom is -0.378 e. The Hall–Kier alpha value is -0.0800. The van der Waals surface area contributed by atoms with Gasteiger partial charge in [0.05, 0.1) is 12.7 Å². The lowest BCUT2D eigenvalue weighted by atomic mass is 10.1. The van der Waals surface area contributed by atoms with Crippen molar-refractivity contribution in [2.45, 2.75) is 33.3 Å². The molecule has 1 heterocycles. The fourth-order valence-electron chi connectivity index (χ4n) is 1.34. The van der Waals surface area contributed by atoms with Crippen LogP contribution < -0.4 is 5.32 Å². The summed E-state index contributed by atoms with van der Waals surface area (Å²) in [5.74, 6) is 0.755. The Labute approximate surface area is 70.3 Å². The van der Waals surface area contributed by atoms with E-state index in [2.05, 4.69) is 12.2 Å². The highest BCUT2D eigenvalue weighted by Gasteiger charge is 2.20. The molecular formula is C9H21NO. The van der Waals surface area contributed by atoms with Crippen molar-refractivity contribution >= 4 is 0 Å². The third kappa shape index (κ3) is 4.38. The molecule has 1 N–H and O–H groups in total. The van der Waals surface area contributed by atoms with E-state index in [0.29, 0.717) is 6.10 Å². The SMILES string of the molecule is CC.CNCC1COC(C)C1. The van der Waals surface area contributed by atoms with E-state index in [1.807, 2.05) is 20.9 Å². The fraction of sp³-hybridized carbons (Fsp3) is 1.00. The molecule has 0 radical (unpaired) electrons. The number of hydrogen-bond donors (Lipinski definition) is 1. The van der Waals surface area contributed by atoms with Crippen molar-refractivity contribution in [1.82, 2.24) is 5.32 Å². The van der Waals surface area contributed by atoms with Gasteiger partial charge in [-0.3, -0.25) is 0 Å². The van der Waals surface area contributed by atoms with Crippen LogP contribution in [0, 0.1) is 5.92 Å². The van der Waals surface area contributed by atoms with Crippen LogP contribution in [0.2, 0.25) is 0 Å². The Kier molecular flexibility index (Phi) is 6.57. The summed E-state index contributed by atoms with van der Waals surface area (Å²) in [6, 6.07) is 0. The Morgan fingerprint density at radius 2 is 2.09 bits per heavy atom. The predicted octanol–water partition coefficient (Wildman–Crippen LogP) is 1.66. The normalized spacial score (nSPS) is 29.5. The van der Waals surface area contributed by atoms with Crippen LogP contribution in [0.3, 0.4) is 0 Å². The van der Waals surface area contributed by atoms with Crippen LogP contribution in [-0.2, 0) is 4.74 Å². The van der Waals surface area contributed by atoms with Crippen molar-refractivity contribution in [3.05, 3.63) is 0 Å². The zero-order valence-corrected chi connectivity index (χ0v) is 8.18. The fourth-order valence-corrected chi connectivity index (χ4v) is 1.34. The van der Waals surface area contributed by atoms with Gasteiger partial charge in [-0.2, -0.15) is 0 Å². The lowest BCUT2D eigenvalue weighted by molar-refractivity contribution is 0.120.